The molecule has 0 radical (unpaired) electrons. The van der Waals surface area contributed by atoms with E-state index in [0.29, 0.717) is 0 Å². The number of piperidine rings is 1. The van der Waals surface area contributed by atoms with E-state index in [9.17, 15) is 0 Å². The van der Waals surface area contributed by atoms with Crippen LogP contribution >= 0.6 is 11.9 Å². The highest BCUT2D eigenvalue weighted by molar-refractivity contribution is 7.98. The van der Waals surface area contributed by atoms with Gasteiger partial charge in [-0.1, -0.05) is 57.3 Å². The highest BCUT2D eigenvalue weighted by atomic mass is 32.2. The van der Waals surface area contributed by atoms with Gasteiger partial charge in [0.2, 0.25) is 0 Å². The Morgan fingerprint density at radius 3 is 1.95 bits per heavy atom. The molecule has 1 N–H and O–H groups in total. The van der Waals surface area contributed by atoms with Gasteiger partial charge in [-0.25, -0.2) is 0 Å². The fraction of sp³-hybridized carbons (Fsp3) is 0.684. The SMILES string of the molecule is CC.CC.Cc1ccc(N2CCC(NSC3CC3)CC2)cc1. The predicted molar refractivity (Wildman–Crippen MR) is 103 cm³/mol. The number of hydrogen-bond donors (Lipinski definition) is 1. The van der Waals surface area contributed by atoms with Crippen molar-refractivity contribution in [3.63, 3.8) is 0 Å². The van der Waals surface area contributed by atoms with Gasteiger partial charge in [-0.3, -0.25) is 4.72 Å². The Balaban J connectivity index is 0.000000561. The van der Waals surface area contributed by atoms with Gasteiger partial charge < -0.3 is 4.90 Å². The summed E-state index contributed by atoms with van der Waals surface area (Å²) >= 11 is 1.98. The van der Waals surface area contributed by atoms with E-state index in [-0.39, 0.29) is 0 Å². The third-order valence-electron chi connectivity index (χ3n) is 3.82. The molecule has 126 valence electrons. The number of aryl methyl sites for hydroxylation is 1. The fourth-order valence-electron chi connectivity index (χ4n) is 2.39. The molecule has 1 saturated carbocycles. The van der Waals surface area contributed by atoms with E-state index in [1.54, 1.807) is 0 Å². The van der Waals surface area contributed by atoms with Crippen molar-refractivity contribution in [1.82, 2.24) is 4.72 Å². The summed E-state index contributed by atoms with van der Waals surface area (Å²) in [5, 5.41) is 0.917. The van der Waals surface area contributed by atoms with Gasteiger partial charge >= 0.3 is 0 Å². The summed E-state index contributed by atoms with van der Waals surface area (Å²) in [5.74, 6) is 0. The lowest BCUT2D eigenvalue weighted by Gasteiger charge is -2.33. The molecule has 1 aliphatic heterocycles. The molecule has 1 saturated heterocycles. The maximum Gasteiger partial charge on any atom is 0.0366 e. The average Bonchev–Trinajstić information content (AvgIpc) is 3.42. The van der Waals surface area contributed by atoms with Gasteiger partial charge in [0.25, 0.3) is 0 Å². The number of benzene rings is 1. The molecule has 0 amide bonds. The fourth-order valence-corrected chi connectivity index (χ4v) is 3.38. The average molecular weight is 323 g/mol. The van der Waals surface area contributed by atoms with Crippen LogP contribution in [0.3, 0.4) is 0 Å². The molecular weight excluding hydrogens is 288 g/mol. The van der Waals surface area contributed by atoms with Crippen LogP contribution in [0.4, 0.5) is 5.69 Å². The van der Waals surface area contributed by atoms with Crippen LogP contribution < -0.4 is 9.62 Å². The van der Waals surface area contributed by atoms with Crippen LogP contribution in [0.25, 0.3) is 0 Å². The molecule has 0 bridgehead atoms. The monoisotopic (exact) mass is 322 g/mol. The molecule has 2 fully saturated rings. The Kier molecular flexibility index (Phi) is 9.65. The van der Waals surface area contributed by atoms with Crippen molar-refractivity contribution >= 4 is 17.6 Å². The summed E-state index contributed by atoms with van der Waals surface area (Å²) < 4.78 is 3.65. The minimum Gasteiger partial charge on any atom is -0.371 e. The second-order valence-corrected chi connectivity index (χ2v) is 6.67. The molecule has 0 spiro atoms. The van der Waals surface area contributed by atoms with Gasteiger partial charge in [-0.05, 0) is 44.7 Å². The molecule has 0 aromatic heterocycles. The van der Waals surface area contributed by atoms with E-state index in [2.05, 4.69) is 40.8 Å². The van der Waals surface area contributed by atoms with E-state index >= 15 is 0 Å². The highest BCUT2D eigenvalue weighted by Crippen LogP contribution is 2.33. The van der Waals surface area contributed by atoms with Crippen LogP contribution in [0.15, 0.2) is 24.3 Å². The Hall–Kier alpha value is -0.670. The van der Waals surface area contributed by atoms with Gasteiger partial charge in [0.05, 0.1) is 0 Å². The molecule has 0 atom stereocenters. The van der Waals surface area contributed by atoms with Crippen LogP contribution in [0, 0.1) is 6.92 Å². The van der Waals surface area contributed by atoms with Crippen LogP contribution in [-0.4, -0.2) is 24.4 Å². The van der Waals surface area contributed by atoms with E-state index in [4.69, 9.17) is 0 Å². The van der Waals surface area contributed by atoms with Crippen LogP contribution in [0.1, 0.15) is 58.9 Å². The number of nitrogens with zero attached hydrogens (tertiary/aromatic N) is 1. The zero-order valence-corrected chi connectivity index (χ0v) is 15.9. The Bertz CT molecular complexity index is 379. The van der Waals surface area contributed by atoms with Crippen molar-refractivity contribution in [2.45, 2.75) is 71.6 Å². The molecule has 1 aliphatic carbocycles. The molecule has 3 rings (SSSR count). The summed E-state index contributed by atoms with van der Waals surface area (Å²) in [7, 11) is 0. The molecule has 2 nitrogen and oxygen atoms in total. The van der Waals surface area contributed by atoms with Gasteiger partial charge in [0, 0.05) is 30.1 Å². The molecule has 1 aromatic rings. The first-order valence-electron chi connectivity index (χ1n) is 9.04. The van der Waals surface area contributed by atoms with E-state index in [0.717, 1.165) is 11.3 Å². The molecule has 22 heavy (non-hydrogen) atoms. The van der Waals surface area contributed by atoms with E-state index in [1.807, 2.05) is 39.6 Å². The second-order valence-electron chi connectivity index (χ2n) is 5.53. The van der Waals surface area contributed by atoms with Crippen molar-refractivity contribution in [2.75, 3.05) is 18.0 Å². The largest absolute Gasteiger partial charge is 0.371 e. The number of anilines is 1. The molecule has 1 aromatic carbocycles. The standard InChI is InChI=1S/C15H22N2S.2C2H6/c1-12-2-4-14(5-3-12)17-10-8-13(9-11-17)16-18-15-6-7-15;2*1-2/h2-5,13,15-16H,6-11H2,1H3;2*1-2H3. The Labute approximate surface area is 142 Å². The maximum absolute atomic E-state index is 3.65. The van der Waals surface area contributed by atoms with Crippen molar-refractivity contribution in [3.8, 4) is 0 Å². The van der Waals surface area contributed by atoms with Gasteiger partial charge in [-0.2, -0.15) is 0 Å². The topological polar surface area (TPSA) is 15.3 Å². The second kappa shape index (κ2) is 11.0. The quantitative estimate of drug-likeness (QED) is 0.745. The van der Waals surface area contributed by atoms with Crippen molar-refractivity contribution in [2.24, 2.45) is 0 Å². The minimum absolute atomic E-state index is 0.720. The van der Waals surface area contributed by atoms with Crippen LogP contribution in [0.5, 0.6) is 0 Å². The third kappa shape index (κ3) is 6.62. The smallest absolute Gasteiger partial charge is 0.0366 e. The zero-order valence-electron chi connectivity index (χ0n) is 15.1. The zero-order chi connectivity index (χ0) is 16.4. The molecule has 3 heteroatoms. The summed E-state index contributed by atoms with van der Waals surface area (Å²) in [6.45, 7) is 12.5. The van der Waals surface area contributed by atoms with Crippen LogP contribution in [0.2, 0.25) is 0 Å². The molecule has 1 heterocycles. The normalized spacial score (nSPS) is 18.0. The minimum atomic E-state index is 0.720. The predicted octanol–water partition coefficient (Wildman–Crippen LogP) is 5.42. The van der Waals surface area contributed by atoms with E-state index in [1.165, 1.54) is 50.0 Å². The number of rotatable bonds is 4. The van der Waals surface area contributed by atoms with E-state index < -0.39 is 0 Å². The summed E-state index contributed by atoms with van der Waals surface area (Å²) in [6.07, 6.45) is 5.38. The summed E-state index contributed by atoms with van der Waals surface area (Å²) in [6, 6.07) is 9.65. The number of nitrogens with one attached hydrogen (secondary N) is 1. The molecule has 0 unspecified atom stereocenters. The molecule has 2 aliphatic rings. The first-order chi connectivity index (χ1) is 10.8. The van der Waals surface area contributed by atoms with Gasteiger partial charge in [0.1, 0.15) is 0 Å². The van der Waals surface area contributed by atoms with Crippen molar-refractivity contribution < 1.29 is 0 Å². The highest BCUT2D eigenvalue weighted by Gasteiger charge is 2.25. The summed E-state index contributed by atoms with van der Waals surface area (Å²) in [5.41, 5.74) is 2.73. The van der Waals surface area contributed by atoms with Gasteiger partial charge in [0.15, 0.2) is 0 Å². The lowest BCUT2D eigenvalue weighted by molar-refractivity contribution is 0.479. The Morgan fingerprint density at radius 2 is 1.45 bits per heavy atom. The van der Waals surface area contributed by atoms with Crippen molar-refractivity contribution in [3.05, 3.63) is 29.8 Å². The maximum atomic E-state index is 3.65. The van der Waals surface area contributed by atoms with Crippen molar-refractivity contribution in [1.29, 1.82) is 0 Å². The first kappa shape index (κ1) is 19.4. The Morgan fingerprint density at radius 1 is 0.909 bits per heavy atom. The first-order valence-corrected chi connectivity index (χ1v) is 9.92. The summed E-state index contributed by atoms with van der Waals surface area (Å²) in [4.78, 5) is 2.51. The third-order valence-corrected chi connectivity index (χ3v) is 5.09. The lowest BCUT2D eigenvalue weighted by atomic mass is 10.1. The number of hydrogen-bond acceptors (Lipinski definition) is 3. The van der Waals surface area contributed by atoms with Crippen LogP contribution in [-0.2, 0) is 0 Å². The lowest BCUT2D eigenvalue weighted by Crippen LogP contribution is -2.40. The molecular formula is C19H34N2S. The van der Waals surface area contributed by atoms with Gasteiger partial charge in [-0.15, -0.1) is 0 Å².